The molecule has 1 nitrogen and oxygen atoms in total. The van der Waals surface area contributed by atoms with Gasteiger partial charge in [-0.3, -0.25) is 0 Å². The van der Waals surface area contributed by atoms with Crippen molar-refractivity contribution in [3.05, 3.63) is 56.3 Å². The Morgan fingerprint density at radius 3 is 2.57 bits per heavy atom. The predicted octanol–water partition coefficient (Wildman–Crippen LogP) is 4.59. The first-order valence-corrected chi connectivity index (χ1v) is 9.04. The molecule has 0 spiro atoms. The van der Waals surface area contributed by atoms with Crippen LogP contribution in [0.5, 0.6) is 0 Å². The van der Waals surface area contributed by atoms with Crippen LogP contribution in [0, 0.1) is 0 Å². The molecule has 0 radical (unpaired) electrons. The van der Waals surface area contributed by atoms with Crippen LogP contribution in [0.25, 0.3) is 0 Å². The van der Waals surface area contributed by atoms with E-state index in [1.54, 1.807) is 0 Å². The van der Waals surface area contributed by atoms with Gasteiger partial charge in [0.05, 0.1) is 0 Å². The Bertz CT molecular complexity index is 632. The summed E-state index contributed by atoms with van der Waals surface area (Å²) < 4.78 is 0. The average molecular weight is 298 g/mol. The van der Waals surface area contributed by atoms with Gasteiger partial charge in [-0.1, -0.05) is 24.6 Å². The predicted molar refractivity (Wildman–Crippen MR) is 88.1 cm³/mol. The summed E-state index contributed by atoms with van der Waals surface area (Å²) in [6.07, 6.45) is 9.58. The van der Waals surface area contributed by atoms with Crippen LogP contribution in [0.15, 0.2) is 24.3 Å². The minimum Gasteiger partial charge on any atom is -0.383 e. The SMILES string of the molecule is OC(c1ccc2c(c1)CCC2)c1cc2c(s1)CCCCC2. The molecule has 0 bridgehead atoms. The zero-order valence-electron chi connectivity index (χ0n) is 12.4. The van der Waals surface area contributed by atoms with E-state index >= 15 is 0 Å². The van der Waals surface area contributed by atoms with Crippen molar-refractivity contribution in [1.29, 1.82) is 0 Å². The number of thiophene rings is 1. The van der Waals surface area contributed by atoms with Crippen LogP contribution >= 0.6 is 11.3 Å². The third-order valence-corrected chi connectivity index (χ3v) is 6.26. The molecule has 110 valence electrons. The van der Waals surface area contributed by atoms with Gasteiger partial charge in [0.2, 0.25) is 0 Å². The number of rotatable bonds is 2. The molecule has 0 amide bonds. The van der Waals surface area contributed by atoms with Crippen LogP contribution in [-0.2, 0) is 25.7 Å². The van der Waals surface area contributed by atoms with E-state index in [2.05, 4.69) is 24.3 Å². The quantitative estimate of drug-likeness (QED) is 0.804. The average Bonchev–Trinajstić information content (AvgIpc) is 3.08. The van der Waals surface area contributed by atoms with Crippen molar-refractivity contribution in [2.75, 3.05) is 0 Å². The van der Waals surface area contributed by atoms with E-state index in [4.69, 9.17) is 0 Å². The number of benzene rings is 1. The first-order valence-electron chi connectivity index (χ1n) is 8.22. The second-order valence-electron chi connectivity index (χ2n) is 6.44. The summed E-state index contributed by atoms with van der Waals surface area (Å²) in [6.45, 7) is 0. The fourth-order valence-corrected chi connectivity index (χ4v) is 5.02. The summed E-state index contributed by atoms with van der Waals surface area (Å²) in [5.41, 5.74) is 5.50. The first-order chi connectivity index (χ1) is 10.3. The molecule has 0 saturated carbocycles. The maximum absolute atomic E-state index is 10.8. The molecular weight excluding hydrogens is 276 g/mol. The third kappa shape index (κ3) is 2.56. The zero-order valence-corrected chi connectivity index (χ0v) is 13.2. The van der Waals surface area contributed by atoms with Crippen molar-refractivity contribution in [1.82, 2.24) is 0 Å². The molecule has 4 rings (SSSR count). The highest BCUT2D eigenvalue weighted by molar-refractivity contribution is 7.12. The molecule has 0 fully saturated rings. The van der Waals surface area contributed by atoms with Crippen molar-refractivity contribution in [3.63, 3.8) is 0 Å². The fourth-order valence-electron chi connectivity index (χ4n) is 3.75. The summed E-state index contributed by atoms with van der Waals surface area (Å²) in [4.78, 5) is 2.66. The van der Waals surface area contributed by atoms with Gasteiger partial charge in [-0.15, -0.1) is 11.3 Å². The lowest BCUT2D eigenvalue weighted by Gasteiger charge is -2.11. The van der Waals surface area contributed by atoms with Gasteiger partial charge in [-0.2, -0.15) is 0 Å². The lowest BCUT2D eigenvalue weighted by Crippen LogP contribution is -1.98. The van der Waals surface area contributed by atoms with E-state index in [-0.39, 0.29) is 0 Å². The summed E-state index contributed by atoms with van der Waals surface area (Å²) in [5.74, 6) is 0. The molecule has 21 heavy (non-hydrogen) atoms. The van der Waals surface area contributed by atoms with Crippen LogP contribution in [0.2, 0.25) is 0 Å². The lowest BCUT2D eigenvalue weighted by molar-refractivity contribution is 0.224. The van der Waals surface area contributed by atoms with Crippen LogP contribution in [-0.4, -0.2) is 5.11 Å². The molecule has 1 heterocycles. The number of aliphatic hydroxyl groups excluding tert-OH is 1. The molecule has 1 aromatic heterocycles. The molecule has 0 aliphatic heterocycles. The van der Waals surface area contributed by atoms with Crippen molar-refractivity contribution in [3.8, 4) is 0 Å². The third-order valence-electron chi connectivity index (χ3n) is 4.97. The number of hydrogen-bond acceptors (Lipinski definition) is 2. The molecular formula is C19H22OS. The van der Waals surface area contributed by atoms with Gasteiger partial charge in [0.25, 0.3) is 0 Å². The monoisotopic (exact) mass is 298 g/mol. The number of aliphatic hydroxyl groups is 1. The Hall–Kier alpha value is -1.12. The van der Waals surface area contributed by atoms with E-state index in [1.807, 2.05) is 11.3 Å². The highest BCUT2D eigenvalue weighted by atomic mass is 32.1. The van der Waals surface area contributed by atoms with Crippen LogP contribution in [0.3, 0.4) is 0 Å². The van der Waals surface area contributed by atoms with E-state index in [0.717, 1.165) is 10.4 Å². The second-order valence-corrected chi connectivity index (χ2v) is 7.61. The number of hydrogen-bond donors (Lipinski definition) is 1. The van der Waals surface area contributed by atoms with Crippen molar-refractivity contribution in [2.24, 2.45) is 0 Å². The number of aryl methyl sites for hydroxylation is 4. The van der Waals surface area contributed by atoms with Gasteiger partial charge < -0.3 is 5.11 Å². The fraction of sp³-hybridized carbons (Fsp3) is 0.474. The highest BCUT2D eigenvalue weighted by Gasteiger charge is 2.20. The highest BCUT2D eigenvalue weighted by Crippen LogP contribution is 2.36. The molecule has 2 heteroatoms. The summed E-state index contributed by atoms with van der Waals surface area (Å²) in [5, 5.41) is 10.8. The Morgan fingerprint density at radius 1 is 0.810 bits per heavy atom. The maximum Gasteiger partial charge on any atom is 0.113 e. The van der Waals surface area contributed by atoms with Gasteiger partial charge in [-0.05, 0) is 73.3 Å². The topological polar surface area (TPSA) is 20.2 Å². The number of fused-ring (bicyclic) bond motifs is 2. The van der Waals surface area contributed by atoms with Crippen LogP contribution < -0.4 is 0 Å². The molecule has 2 aromatic rings. The van der Waals surface area contributed by atoms with Gasteiger partial charge in [0.15, 0.2) is 0 Å². The minimum absolute atomic E-state index is 0.437. The second kappa shape index (κ2) is 5.58. The molecule has 2 aliphatic rings. The van der Waals surface area contributed by atoms with Gasteiger partial charge in [0.1, 0.15) is 6.10 Å². The van der Waals surface area contributed by atoms with Gasteiger partial charge >= 0.3 is 0 Å². The Kier molecular flexibility index (Phi) is 3.60. The van der Waals surface area contributed by atoms with Gasteiger partial charge in [-0.25, -0.2) is 0 Å². The zero-order chi connectivity index (χ0) is 14.2. The van der Waals surface area contributed by atoms with Crippen molar-refractivity contribution < 1.29 is 5.11 Å². The molecule has 2 aliphatic carbocycles. The summed E-state index contributed by atoms with van der Waals surface area (Å²) >= 11 is 1.83. The van der Waals surface area contributed by atoms with Crippen LogP contribution in [0.1, 0.15) is 63.8 Å². The Balaban J connectivity index is 1.64. The van der Waals surface area contributed by atoms with E-state index in [9.17, 15) is 5.11 Å². The lowest BCUT2D eigenvalue weighted by atomic mass is 10.0. The smallest absolute Gasteiger partial charge is 0.113 e. The molecule has 1 N–H and O–H groups in total. The maximum atomic E-state index is 10.8. The van der Waals surface area contributed by atoms with E-state index in [1.165, 1.54) is 72.9 Å². The summed E-state index contributed by atoms with van der Waals surface area (Å²) in [6, 6.07) is 8.85. The first kappa shape index (κ1) is 13.5. The van der Waals surface area contributed by atoms with Gasteiger partial charge in [0, 0.05) is 9.75 Å². The normalized spacial score (nSPS) is 18.9. The largest absolute Gasteiger partial charge is 0.383 e. The molecule has 0 saturated heterocycles. The minimum atomic E-state index is -0.437. The van der Waals surface area contributed by atoms with Crippen molar-refractivity contribution >= 4 is 11.3 Å². The molecule has 1 aromatic carbocycles. The molecule has 1 atom stereocenters. The molecule has 1 unspecified atom stereocenters. The van der Waals surface area contributed by atoms with E-state index < -0.39 is 6.10 Å². The Labute approximate surface area is 130 Å². The van der Waals surface area contributed by atoms with Crippen molar-refractivity contribution in [2.45, 2.75) is 57.5 Å². The summed E-state index contributed by atoms with van der Waals surface area (Å²) in [7, 11) is 0. The van der Waals surface area contributed by atoms with Crippen LogP contribution in [0.4, 0.5) is 0 Å². The van der Waals surface area contributed by atoms with E-state index in [0.29, 0.717) is 0 Å². The standard InChI is InChI=1S/C19H22OS/c20-19(16-10-9-13-6-4-7-14(13)11-16)18-12-15-5-2-1-3-8-17(15)21-18/h9-12,19-20H,1-8H2. The Morgan fingerprint density at radius 2 is 1.62 bits per heavy atom.